The molecule has 22 heavy (non-hydrogen) atoms. The minimum absolute atomic E-state index is 0.0173. The Balaban J connectivity index is 1.76. The monoisotopic (exact) mass is 314 g/mol. The molecule has 0 aliphatic heterocycles. The van der Waals surface area contributed by atoms with Crippen molar-refractivity contribution in [3.63, 3.8) is 0 Å². The molecule has 0 radical (unpaired) electrons. The average Bonchev–Trinajstić information content (AvgIpc) is 2.58. The number of benzene rings is 2. The predicted molar refractivity (Wildman–Crippen MR) is 89.3 cm³/mol. The van der Waals surface area contributed by atoms with E-state index in [-0.39, 0.29) is 23.7 Å². The van der Waals surface area contributed by atoms with Crippen LogP contribution in [0.3, 0.4) is 0 Å². The number of hydrogen-bond donors (Lipinski definition) is 0. The summed E-state index contributed by atoms with van der Waals surface area (Å²) >= 11 is 1.26. The van der Waals surface area contributed by atoms with Crippen LogP contribution in [0.2, 0.25) is 0 Å². The van der Waals surface area contributed by atoms with Crippen LogP contribution in [0.4, 0.5) is 0 Å². The third-order valence-corrected chi connectivity index (χ3v) is 4.21. The molecule has 0 saturated carbocycles. The van der Waals surface area contributed by atoms with Gasteiger partial charge in [0.15, 0.2) is 10.9 Å². The number of ether oxygens (including phenoxy) is 1. The molecule has 0 atom stereocenters. The van der Waals surface area contributed by atoms with Crippen molar-refractivity contribution in [3.05, 3.63) is 65.7 Å². The molecule has 0 fully saturated rings. The molecule has 3 nitrogen and oxygen atoms in total. The molecule has 4 heteroatoms. The number of carbonyl (C=O) groups is 2. The number of carbonyl (C=O) groups excluding carboxylic acids is 2. The molecule has 0 unspecified atom stereocenters. The first-order chi connectivity index (χ1) is 10.7. The third kappa shape index (κ3) is 5.04. The number of thioether (sulfide) groups is 1. The Bertz CT molecular complexity index is 621. The van der Waals surface area contributed by atoms with Crippen LogP contribution in [0, 0.1) is 0 Å². The molecule has 2 rings (SSSR count). The van der Waals surface area contributed by atoms with E-state index in [9.17, 15) is 9.59 Å². The molecule has 114 valence electrons. The van der Waals surface area contributed by atoms with E-state index in [1.165, 1.54) is 11.8 Å². The predicted octanol–water partition coefficient (Wildman–Crippen LogP) is 4.12. The Hall–Kier alpha value is -2.07. The van der Waals surface area contributed by atoms with Crippen molar-refractivity contribution in [3.8, 4) is 5.75 Å². The van der Waals surface area contributed by atoms with Crippen molar-refractivity contribution in [1.82, 2.24) is 0 Å². The zero-order chi connectivity index (χ0) is 15.8. The van der Waals surface area contributed by atoms with Crippen molar-refractivity contribution in [1.29, 1.82) is 0 Å². The van der Waals surface area contributed by atoms with Gasteiger partial charge in [-0.05, 0) is 29.8 Å². The molecular formula is C18H18O3S. The molecule has 0 aliphatic rings. The number of hydrogen-bond acceptors (Lipinski definition) is 4. The van der Waals surface area contributed by atoms with Gasteiger partial charge in [0.05, 0.1) is 7.11 Å². The van der Waals surface area contributed by atoms with Crippen molar-refractivity contribution in [2.45, 2.75) is 18.6 Å². The maximum Gasteiger partial charge on any atom is 0.189 e. The van der Waals surface area contributed by atoms with E-state index in [2.05, 4.69) is 0 Å². The lowest BCUT2D eigenvalue weighted by Gasteiger charge is -2.03. The number of ketones is 1. The van der Waals surface area contributed by atoms with E-state index >= 15 is 0 Å². The van der Waals surface area contributed by atoms with Gasteiger partial charge in [0.2, 0.25) is 0 Å². The van der Waals surface area contributed by atoms with Crippen LogP contribution in [0.15, 0.2) is 54.6 Å². The molecule has 2 aromatic rings. The van der Waals surface area contributed by atoms with Gasteiger partial charge < -0.3 is 4.74 Å². The summed E-state index contributed by atoms with van der Waals surface area (Å²) < 4.78 is 5.05. The molecule has 0 aromatic heterocycles. The molecule has 0 heterocycles. The maximum absolute atomic E-state index is 12.0. The van der Waals surface area contributed by atoms with E-state index in [1.54, 1.807) is 31.4 Å². The van der Waals surface area contributed by atoms with Gasteiger partial charge in [-0.3, -0.25) is 9.59 Å². The maximum atomic E-state index is 12.0. The van der Waals surface area contributed by atoms with Crippen molar-refractivity contribution < 1.29 is 14.3 Å². The SMILES string of the molecule is COc1ccc(C(=O)CCC(=O)SCc2ccccc2)cc1. The minimum atomic E-state index is -0.0173. The molecule has 0 aliphatic carbocycles. The van der Waals surface area contributed by atoms with Gasteiger partial charge in [0.1, 0.15) is 5.75 Å². The minimum Gasteiger partial charge on any atom is -0.497 e. The number of methoxy groups -OCH3 is 1. The summed E-state index contributed by atoms with van der Waals surface area (Å²) in [6.07, 6.45) is 0.509. The lowest BCUT2D eigenvalue weighted by molar-refractivity contribution is -0.110. The van der Waals surface area contributed by atoms with Gasteiger partial charge in [-0.25, -0.2) is 0 Å². The molecule has 0 bridgehead atoms. The summed E-state index contributed by atoms with van der Waals surface area (Å²) in [7, 11) is 1.58. The largest absolute Gasteiger partial charge is 0.497 e. The number of Topliss-reactive ketones (excluding diaryl/α,β-unsaturated/α-hetero) is 1. The smallest absolute Gasteiger partial charge is 0.189 e. The normalized spacial score (nSPS) is 10.2. The van der Waals surface area contributed by atoms with E-state index in [1.807, 2.05) is 30.3 Å². The van der Waals surface area contributed by atoms with Crippen LogP contribution >= 0.6 is 11.8 Å². The summed E-state index contributed by atoms with van der Waals surface area (Å²) in [4.78, 5) is 23.9. The fraction of sp³-hybridized carbons (Fsp3) is 0.222. The van der Waals surface area contributed by atoms with Crippen LogP contribution in [-0.4, -0.2) is 18.0 Å². The molecule has 0 spiro atoms. The van der Waals surface area contributed by atoms with Crippen LogP contribution in [-0.2, 0) is 10.5 Å². The Labute approximate surface area is 134 Å². The first-order valence-electron chi connectivity index (χ1n) is 7.06. The van der Waals surface area contributed by atoms with Gasteiger partial charge in [0.25, 0.3) is 0 Å². The highest BCUT2D eigenvalue weighted by atomic mass is 32.2. The second kappa shape index (κ2) is 8.39. The van der Waals surface area contributed by atoms with Gasteiger partial charge in [-0.1, -0.05) is 42.1 Å². The molecule has 0 saturated heterocycles. The van der Waals surface area contributed by atoms with Gasteiger partial charge >= 0.3 is 0 Å². The standard InChI is InChI=1S/C18H18O3S/c1-21-16-9-7-15(8-10-16)17(19)11-12-18(20)22-13-14-5-3-2-4-6-14/h2-10H,11-13H2,1H3. The fourth-order valence-electron chi connectivity index (χ4n) is 1.95. The first-order valence-corrected chi connectivity index (χ1v) is 8.04. The summed E-state index contributed by atoms with van der Waals surface area (Å²) in [5, 5.41) is 0.0470. The Morgan fingerprint density at radius 2 is 1.64 bits per heavy atom. The van der Waals surface area contributed by atoms with Crippen LogP contribution < -0.4 is 4.74 Å². The van der Waals surface area contributed by atoms with Gasteiger partial charge in [-0.15, -0.1) is 0 Å². The fourth-order valence-corrected chi connectivity index (χ4v) is 2.71. The van der Waals surface area contributed by atoms with Crippen LogP contribution in [0.5, 0.6) is 5.75 Å². The summed E-state index contributed by atoms with van der Waals surface area (Å²) in [6, 6.07) is 16.8. The van der Waals surface area contributed by atoms with Crippen molar-refractivity contribution >= 4 is 22.7 Å². The highest BCUT2D eigenvalue weighted by Crippen LogP contribution is 2.17. The number of rotatable bonds is 7. The molecule has 0 N–H and O–H groups in total. The third-order valence-electron chi connectivity index (χ3n) is 3.21. The highest BCUT2D eigenvalue weighted by Gasteiger charge is 2.10. The Morgan fingerprint density at radius 3 is 2.27 bits per heavy atom. The molecule has 0 amide bonds. The first kappa shape index (κ1) is 16.3. The van der Waals surface area contributed by atoms with E-state index in [4.69, 9.17) is 4.74 Å². The summed E-state index contributed by atoms with van der Waals surface area (Å²) in [6.45, 7) is 0. The quantitative estimate of drug-likeness (QED) is 0.721. The summed E-state index contributed by atoms with van der Waals surface area (Å²) in [5.74, 6) is 1.35. The Morgan fingerprint density at radius 1 is 0.955 bits per heavy atom. The molecular weight excluding hydrogens is 296 g/mol. The highest BCUT2D eigenvalue weighted by molar-refractivity contribution is 8.12. The van der Waals surface area contributed by atoms with E-state index in [0.29, 0.717) is 17.1 Å². The topological polar surface area (TPSA) is 43.4 Å². The summed E-state index contributed by atoms with van der Waals surface area (Å²) in [5.41, 5.74) is 1.73. The van der Waals surface area contributed by atoms with E-state index in [0.717, 1.165) is 5.56 Å². The van der Waals surface area contributed by atoms with Gasteiger partial charge in [0, 0.05) is 24.2 Å². The zero-order valence-electron chi connectivity index (χ0n) is 12.5. The average molecular weight is 314 g/mol. The van der Waals surface area contributed by atoms with Crippen LogP contribution in [0.25, 0.3) is 0 Å². The molecule has 2 aromatic carbocycles. The van der Waals surface area contributed by atoms with Crippen molar-refractivity contribution in [2.75, 3.05) is 7.11 Å². The lowest BCUT2D eigenvalue weighted by Crippen LogP contribution is -2.02. The second-order valence-corrected chi connectivity index (χ2v) is 5.83. The zero-order valence-corrected chi connectivity index (χ0v) is 13.3. The lowest BCUT2D eigenvalue weighted by atomic mass is 10.1. The Kier molecular flexibility index (Phi) is 6.22. The second-order valence-electron chi connectivity index (χ2n) is 4.80. The van der Waals surface area contributed by atoms with E-state index < -0.39 is 0 Å². The van der Waals surface area contributed by atoms with Crippen LogP contribution in [0.1, 0.15) is 28.8 Å². The van der Waals surface area contributed by atoms with Crippen molar-refractivity contribution in [2.24, 2.45) is 0 Å². The van der Waals surface area contributed by atoms with Gasteiger partial charge in [-0.2, -0.15) is 0 Å².